The third kappa shape index (κ3) is 4.92. The Morgan fingerprint density at radius 3 is 2.33 bits per heavy atom. The molecule has 2 aromatic carbocycles. The van der Waals surface area contributed by atoms with Crippen molar-refractivity contribution in [2.45, 2.75) is 18.3 Å². The minimum atomic E-state index is -6.09. The van der Waals surface area contributed by atoms with E-state index in [9.17, 15) is 35.6 Å². The van der Waals surface area contributed by atoms with Gasteiger partial charge in [-0.3, -0.25) is 9.59 Å². The van der Waals surface area contributed by atoms with Gasteiger partial charge in [0.2, 0.25) is 0 Å². The number of amides is 1. The summed E-state index contributed by atoms with van der Waals surface area (Å²) in [5, 5.41) is 11.2. The summed E-state index contributed by atoms with van der Waals surface area (Å²) in [6.07, 6.45) is -0.947. The number of nitrogens with one attached hydrogen (secondary N) is 1. The Labute approximate surface area is 183 Å². The van der Waals surface area contributed by atoms with Crippen molar-refractivity contribution in [3.8, 4) is 17.1 Å². The van der Waals surface area contributed by atoms with E-state index in [4.69, 9.17) is 9.52 Å². The van der Waals surface area contributed by atoms with E-state index in [-0.39, 0.29) is 33.4 Å². The lowest BCUT2D eigenvalue weighted by Crippen LogP contribution is -2.28. The Bertz CT molecular complexity index is 1330. The standard InChI is InChI=1S/C20H15F4NO7S/c1-25-19(28)17-13-9-14(32-33(29,30)20(22,23)24)11(4-7-16(26)27)8-15(13)31-18(17)10-2-5-12(21)6-3-10/h2-3,5-6,8-9H,4,7H2,1H3,(H,25,28)(H,26,27). The third-order valence-electron chi connectivity index (χ3n) is 4.52. The van der Waals surface area contributed by atoms with Gasteiger partial charge in [-0.05, 0) is 42.8 Å². The highest BCUT2D eigenvalue weighted by atomic mass is 32.2. The number of rotatable bonds is 7. The highest BCUT2D eigenvalue weighted by Crippen LogP contribution is 2.39. The first-order valence-corrected chi connectivity index (χ1v) is 10.5. The Balaban J connectivity index is 2.28. The molecule has 1 amide bonds. The molecular weight excluding hydrogens is 474 g/mol. The maximum Gasteiger partial charge on any atom is 0.534 e. The van der Waals surface area contributed by atoms with E-state index in [1.165, 1.54) is 19.2 Å². The van der Waals surface area contributed by atoms with Crippen molar-refractivity contribution in [3.05, 3.63) is 53.3 Å². The minimum absolute atomic E-state index is 0.0509. The zero-order valence-corrected chi connectivity index (χ0v) is 17.5. The van der Waals surface area contributed by atoms with Gasteiger partial charge in [-0.25, -0.2) is 4.39 Å². The number of carbonyl (C=O) groups excluding carboxylic acids is 1. The number of alkyl halides is 3. The van der Waals surface area contributed by atoms with Gasteiger partial charge in [0.05, 0.1) is 5.56 Å². The first kappa shape index (κ1) is 24.0. The normalized spacial score (nSPS) is 12.0. The molecule has 0 fully saturated rings. The van der Waals surface area contributed by atoms with Crippen LogP contribution in [-0.2, 0) is 21.3 Å². The second-order valence-corrected chi connectivity index (χ2v) is 8.26. The molecule has 0 spiro atoms. The van der Waals surface area contributed by atoms with E-state index >= 15 is 0 Å². The lowest BCUT2D eigenvalue weighted by molar-refractivity contribution is -0.136. The van der Waals surface area contributed by atoms with Crippen molar-refractivity contribution in [1.29, 1.82) is 0 Å². The maximum absolute atomic E-state index is 13.3. The van der Waals surface area contributed by atoms with E-state index in [0.29, 0.717) is 0 Å². The molecule has 0 bridgehead atoms. The molecule has 2 N–H and O–H groups in total. The van der Waals surface area contributed by atoms with Crippen molar-refractivity contribution in [3.63, 3.8) is 0 Å². The summed E-state index contributed by atoms with van der Waals surface area (Å²) in [6.45, 7) is 0. The van der Waals surface area contributed by atoms with Crippen LogP contribution in [0.1, 0.15) is 22.3 Å². The summed E-state index contributed by atoms with van der Waals surface area (Å²) in [4.78, 5) is 23.5. The molecule has 8 nitrogen and oxygen atoms in total. The van der Waals surface area contributed by atoms with E-state index in [1.54, 1.807) is 0 Å². The molecule has 33 heavy (non-hydrogen) atoms. The van der Waals surface area contributed by atoms with Crippen molar-refractivity contribution >= 4 is 33.0 Å². The second-order valence-electron chi connectivity index (χ2n) is 6.73. The molecule has 0 unspecified atom stereocenters. The Morgan fingerprint density at radius 2 is 1.79 bits per heavy atom. The first-order valence-electron chi connectivity index (χ1n) is 9.14. The van der Waals surface area contributed by atoms with Gasteiger partial charge in [0.25, 0.3) is 5.91 Å². The zero-order chi connectivity index (χ0) is 24.6. The van der Waals surface area contributed by atoms with Crippen LogP contribution in [0.15, 0.2) is 40.8 Å². The molecule has 0 aliphatic rings. The number of furan rings is 1. The average molecular weight is 489 g/mol. The van der Waals surface area contributed by atoms with E-state index in [2.05, 4.69) is 9.50 Å². The number of hydrogen-bond donors (Lipinski definition) is 2. The number of fused-ring (bicyclic) bond motifs is 1. The minimum Gasteiger partial charge on any atom is -0.481 e. The van der Waals surface area contributed by atoms with Crippen LogP contribution >= 0.6 is 0 Å². The molecule has 0 saturated carbocycles. The van der Waals surface area contributed by atoms with Crippen LogP contribution < -0.4 is 9.50 Å². The van der Waals surface area contributed by atoms with Gasteiger partial charge in [-0.2, -0.15) is 21.6 Å². The molecule has 0 aliphatic heterocycles. The van der Waals surface area contributed by atoms with Crippen LogP contribution in [0, 0.1) is 5.82 Å². The maximum atomic E-state index is 13.3. The molecule has 176 valence electrons. The average Bonchev–Trinajstić information content (AvgIpc) is 3.09. The van der Waals surface area contributed by atoms with Crippen molar-refractivity contribution in [1.82, 2.24) is 5.32 Å². The molecule has 3 rings (SSSR count). The van der Waals surface area contributed by atoms with E-state index < -0.39 is 51.9 Å². The van der Waals surface area contributed by atoms with Crippen molar-refractivity contribution < 1.29 is 49.3 Å². The highest BCUT2D eigenvalue weighted by molar-refractivity contribution is 7.88. The number of carboxylic acids is 1. The summed E-state index contributed by atoms with van der Waals surface area (Å²) in [5.41, 5.74) is -5.92. The van der Waals surface area contributed by atoms with Crippen molar-refractivity contribution in [2.24, 2.45) is 0 Å². The smallest absolute Gasteiger partial charge is 0.481 e. The van der Waals surface area contributed by atoms with Gasteiger partial charge in [-0.1, -0.05) is 0 Å². The quantitative estimate of drug-likeness (QED) is 0.294. The lowest BCUT2D eigenvalue weighted by atomic mass is 10.0. The summed E-state index contributed by atoms with van der Waals surface area (Å²) in [5.74, 6) is -3.46. The Morgan fingerprint density at radius 1 is 1.15 bits per heavy atom. The van der Waals surface area contributed by atoms with Crippen LogP contribution in [-0.4, -0.2) is 38.0 Å². The number of aryl methyl sites for hydroxylation is 1. The Kier molecular flexibility index (Phi) is 6.36. The van der Waals surface area contributed by atoms with Crippen LogP contribution in [0.25, 0.3) is 22.3 Å². The second kappa shape index (κ2) is 8.73. The topological polar surface area (TPSA) is 123 Å². The fourth-order valence-corrected chi connectivity index (χ4v) is 3.49. The molecular formula is C20H15F4NO7S. The summed E-state index contributed by atoms with van der Waals surface area (Å²) in [6, 6.07) is 6.75. The van der Waals surface area contributed by atoms with Crippen LogP contribution in [0.3, 0.4) is 0 Å². The van der Waals surface area contributed by atoms with Gasteiger partial charge < -0.3 is 19.0 Å². The molecule has 0 atom stereocenters. The summed E-state index contributed by atoms with van der Waals surface area (Å²) in [7, 11) is -4.81. The number of hydrogen-bond acceptors (Lipinski definition) is 6. The van der Waals surface area contributed by atoms with Gasteiger partial charge in [0, 0.05) is 30.0 Å². The molecule has 0 aliphatic carbocycles. The molecule has 0 radical (unpaired) electrons. The van der Waals surface area contributed by atoms with Gasteiger partial charge in [0.15, 0.2) is 0 Å². The number of carbonyl (C=O) groups is 2. The monoisotopic (exact) mass is 489 g/mol. The molecule has 13 heteroatoms. The first-order chi connectivity index (χ1) is 15.3. The largest absolute Gasteiger partial charge is 0.534 e. The van der Waals surface area contributed by atoms with Crippen LogP contribution in [0.4, 0.5) is 17.6 Å². The molecule has 3 aromatic rings. The van der Waals surface area contributed by atoms with Gasteiger partial charge in [0.1, 0.15) is 22.9 Å². The number of benzene rings is 2. The van der Waals surface area contributed by atoms with Crippen molar-refractivity contribution in [2.75, 3.05) is 7.05 Å². The highest BCUT2D eigenvalue weighted by Gasteiger charge is 2.49. The molecule has 0 saturated heterocycles. The van der Waals surface area contributed by atoms with Crippen LogP contribution in [0.2, 0.25) is 0 Å². The Hall–Kier alpha value is -3.61. The predicted molar refractivity (Wildman–Crippen MR) is 107 cm³/mol. The zero-order valence-electron chi connectivity index (χ0n) is 16.7. The summed E-state index contributed by atoms with van der Waals surface area (Å²) >= 11 is 0. The van der Waals surface area contributed by atoms with Gasteiger partial charge >= 0.3 is 21.6 Å². The number of aliphatic carboxylic acids is 1. The van der Waals surface area contributed by atoms with Crippen LogP contribution in [0.5, 0.6) is 5.75 Å². The summed E-state index contributed by atoms with van der Waals surface area (Å²) < 4.78 is 85.1. The fraction of sp³-hybridized carbons (Fsp3) is 0.200. The number of carboxylic acid groups (broad SMARTS) is 1. The van der Waals surface area contributed by atoms with E-state index in [1.807, 2.05) is 0 Å². The third-order valence-corrected chi connectivity index (χ3v) is 5.49. The molecule has 1 aromatic heterocycles. The SMILES string of the molecule is CNC(=O)c1c(-c2ccc(F)cc2)oc2cc(CCC(=O)O)c(OS(=O)(=O)C(F)(F)F)cc12. The lowest BCUT2D eigenvalue weighted by Gasteiger charge is -2.13. The predicted octanol–water partition coefficient (Wildman–Crippen LogP) is 3.84. The molecule has 1 heterocycles. The fourth-order valence-electron chi connectivity index (χ4n) is 3.00. The van der Waals surface area contributed by atoms with Gasteiger partial charge in [-0.15, -0.1) is 0 Å². The van der Waals surface area contributed by atoms with E-state index in [0.717, 1.165) is 24.3 Å². The number of halogens is 4.